The number of anilines is 3. The van der Waals surface area contributed by atoms with E-state index < -0.39 is 0 Å². The van der Waals surface area contributed by atoms with Crippen molar-refractivity contribution in [3.8, 4) is 17.0 Å². The molecule has 3 aromatic rings. The van der Waals surface area contributed by atoms with Gasteiger partial charge in [-0.05, 0) is 94.4 Å². The number of hydrogen-bond acceptors (Lipinski definition) is 8. The van der Waals surface area contributed by atoms with E-state index >= 15 is 0 Å². The fourth-order valence-electron chi connectivity index (χ4n) is 5.67. The zero-order chi connectivity index (χ0) is 32.3. The van der Waals surface area contributed by atoms with Crippen molar-refractivity contribution in [2.75, 3.05) is 64.6 Å². The number of nitrogens with zero attached hydrogens (tertiary/aromatic N) is 5. The molecule has 0 radical (unpaired) electrons. The Hall–Kier alpha value is -4.54. The van der Waals surface area contributed by atoms with Gasteiger partial charge in [-0.25, -0.2) is 9.97 Å². The highest BCUT2D eigenvalue weighted by Crippen LogP contribution is 2.27. The second kappa shape index (κ2) is 16.1. The fraction of sp³-hybridized carbons (Fsp3) is 0.389. The summed E-state index contributed by atoms with van der Waals surface area (Å²) in [4.78, 5) is 41.2. The molecule has 1 unspecified atom stereocenters. The molecular weight excluding hydrogens is 578 g/mol. The number of carbonyl (C=O) groups is 2. The molecule has 6 bridgehead atoms. The summed E-state index contributed by atoms with van der Waals surface area (Å²) in [6, 6.07) is 15.8. The van der Waals surface area contributed by atoms with Crippen LogP contribution in [-0.4, -0.2) is 90.4 Å². The Balaban J connectivity index is 1.28. The van der Waals surface area contributed by atoms with E-state index in [1.165, 1.54) is 0 Å². The van der Waals surface area contributed by atoms with E-state index in [0.717, 1.165) is 60.6 Å². The predicted octanol–water partition coefficient (Wildman–Crippen LogP) is 5.34. The molecular formula is C36H45N7O3. The highest BCUT2D eigenvalue weighted by atomic mass is 16.5. The molecule has 1 atom stereocenters. The lowest BCUT2D eigenvalue weighted by Gasteiger charge is -2.18. The predicted molar refractivity (Wildman–Crippen MR) is 183 cm³/mol. The van der Waals surface area contributed by atoms with Crippen molar-refractivity contribution >= 4 is 29.1 Å². The Kier molecular flexibility index (Phi) is 11.5. The summed E-state index contributed by atoms with van der Waals surface area (Å²) in [7, 11) is 6.10. The third-order valence-electron chi connectivity index (χ3n) is 7.98. The van der Waals surface area contributed by atoms with Crippen molar-refractivity contribution in [3.05, 3.63) is 84.6 Å². The van der Waals surface area contributed by atoms with Gasteiger partial charge in [0.25, 0.3) is 0 Å². The second-order valence-corrected chi connectivity index (χ2v) is 12.3. The first kappa shape index (κ1) is 32.8. The monoisotopic (exact) mass is 623 g/mol. The molecule has 242 valence electrons. The number of carbonyl (C=O) groups excluding carboxylic acids is 2. The molecule has 2 aliphatic rings. The van der Waals surface area contributed by atoms with Crippen LogP contribution in [0, 0.1) is 5.92 Å². The summed E-state index contributed by atoms with van der Waals surface area (Å²) in [5.41, 5.74) is 4.25. The Labute approximate surface area is 272 Å². The molecule has 3 heterocycles. The Morgan fingerprint density at radius 2 is 2.04 bits per heavy atom. The average Bonchev–Trinajstić information content (AvgIpc) is 3.49. The van der Waals surface area contributed by atoms with Gasteiger partial charge < -0.3 is 25.2 Å². The Morgan fingerprint density at radius 1 is 1.15 bits per heavy atom. The number of likely N-dealkylation sites (tertiary alicyclic amines) is 1. The fourth-order valence-corrected chi connectivity index (χ4v) is 5.67. The first-order chi connectivity index (χ1) is 22.3. The van der Waals surface area contributed by atoms with E-state index in [1.807, 2.05) is 67.5 Å². The van der Waals surface area contributed by atoms with Crippen LogP contribution in [0.15, 0.2) is 79.0 Å². The molecule has 0 saturated carbocycles. The van der Waals surface area contributed by atoms with Crippen molar-refractivity contribution in [2.24, 2.45) is 5.92 Å². The van der Waals surface area contributed by atoms with Crippen molar-refractivity contribution in [1.82, 2.24) is 24.7 Å². The van der Waals surface area contributed by atoms with Crippen molar-refractivity contribution in [1.29, 1.82) is 0 Å². The van der Waals surface area contributed by atoms with Crippen LogP contribution >= 0.6 is 0 Å². The van der Waals surface area contributed by atoms with Crippen LogP contribution < -0.4 is 15.4 Å². The third-order valence-corrected chi connectivity index (χ3v) is 7.98. The van der Waals surface area contributed by atoms with Gasteiger partial charge in [-0.1, -0.05) is 30.4 Å². The van der Waals surface area contributed by atoms with Gasteiger partial charge in [0.1, 0.15) is 5.75 Å². The molecule has 2 N–H and O–H groups in total. The number of aromatic nitrogens is 2. The van der Waals surface area contributed by atoms with E-state index in [1.54, 1.807) is 12.3 Å². The molecule has 1 aromatic heterocycles. The molecule has 0 spiro atoms. The van der Waals surface area contributed by atoms with Gasteiger partial charge in [0, 0.05) is 62.3 Å². The maximum absolute atomic E-state index is 13.2. The van der Waals surface area contributed by atoms with Crippen molar-refractivity contribution < 1.29 is 14.3 Å². The SMILES string of the molecule is CN(C)CC/C=C/C(=O)N1CCC(CC(=O)Nc2cc3cc(c2)Nc2nccc(n2)-c2cccc(c2)OCC/C=C/CN(C)C3)C1. The molecule has 2 amide bonds. The van der Waals surface area contributed by atoms with Crippen LogP contribution in [0.3, 0.4) is 0 Å². The standard InChI is InChI=1S/C36H45N7O3/c1-41(2)16-7-5-12-35(45)43-18-14-27(26-43)22-34(44)38-30-20-28-21-31(24-30)39-36-37-15-13-33(40-36)29-10-9-11-32(23-29)46-19-8-4-6-17-42(3)25-28/h4-6,9-13,15,20-21,23-24,27H,7-8,14,16-19,22,25-26H2,1-3H3,(H,38,44)(H,37,39,40)/b6-4+,12-5+. The highest BCUT2D eigenvalue weighted by Gasteiger charge is 2.27. The largest absolute Gasteiger partial charge is 0.493 e. The number of rotatable bonds is 7. The average molecular weight is 624 g/mol. The number of fused-ring (bicyclic) bond motifs is 7. The van der Waals surface area contributed by atoms with Crippen LogP contribution in [0.25, 0.3) is 11.3 Å². The zero-order valence-electron chi connectivity index (χ0n) is 27.1. The van der Waals surface area contributed by atoms with Crippen molar-refractivity contribution in [2.45, 2.75) is 32.2 Å². The minimum atomic E-state index is -0.0602. The number of likely N-dealkylation sites (N-methyl/N-ethyl adjacent to an activating group) is 1. The summed E-state index contributed by atoms with van der Waals surface area (Å²) in [5.74, 6) is 1.35. The van der Waals surface area contributed by atoms with E-state index in [-0.39, 0.29) is 17.7 Å². The van der Waals surface area contributed by atoms with E-state index in [4.69, 9.17) is 9.72 Å². The van der Waals surface area contributed by atoms with Gasteiger partial charge in [0.15, 0.2) is 0 Å². The van der Waals surface area contributed by atoms with Crippen LogP contribution in [0.5, 0.6) is 5.75 Å². The minimum Gasteiger partial charge on any atom is -0.493 e. The summed E-state index contributed by atoms with van der Waals surface area (Å²) in [6.07, 6.45) is 12.5. The topological polar surface area (TPSA) is 103 Å². The van der Waals surface area contributed by atoms with Gasteiger partial charge in [-0.3, -0.25) is 14.5 Å². The van der Waals surface area contributed by atoms with Gasteiger partial charge in [0.2, 0.25) is 17.8 Å². The van der Waals surface area contributed by atoms with Gasteiger partial charge in [-0.2, -0.15) is 0 Å². The molecule has 10 heteroatoms. The quantitative estimate of drug-likeness (QED) is 0.269. The molecule has 2 aliphatic heterocycles. The lowest BCUT2D eigenvalue weighted by atomic mass is 10.0. The van der Waals surface area contributed by atoms with Crippen LogP contribution in [0.2, 0.25) is 0 Å². The number of hydrogen-bond donors (Lipinski definition) is 2. The third kappa shape index (κ3) is 9.98. The highest BCUT2D eigenvalue weighted by molar-refractivity contribution is 5.92. The molecule has 0 aliphatic carbocycles. The maximum Gasteiger partial charge on any atom is 0.246 e. The first-order valence-corrected chi connectivity index (χ1v) is 16.0. The van der Waals surface area contributed by atoms with E-state index in [0.29, 0.717) is 44.3 Å². The summed E-state index contributed by atoms with van der Waals surface area (Å²) < 4.78 is 5.97. The van der Waals surface area contributed by atoms with Gasteiger partial charge in [-0.15, -0.1) is 0 Å². The maximum atomic E-state index is 13.2. The summed E-state index contributed by atoms with van der Waals surface area (Å²) in [6.45, 7) is 4.23. The minimum absolute atomic E-state index is 0.0218. The lowest BCUT2D eigenvalue weighted by Crippen LogP contribution is -2.27. The van der Waals surface area contributed by atoms with Gasteiger partial charge >= 0.3 is 0 Å². The van der Waals surface area contributed by atoms with E-state index in [9.17, 15) is 9.59 Å². The number of amides is 2. The smallest absolute Gasteiger partial charge is 0.246 e. The Morgan fingerprint density at radius 3 is 2.91 bits per heavy atom. The lowest BCUT2D eigenvalue weighted by molar-refractivity contribution is -0.125. The van der Waals surface area contributed by atoms with Crippen molar-refractivity contribution in [3.63, 3.8) is 0 Å². The number of ether oxygens (including phenoxy) is 1. The molecule has 10 nitrogen and oxygen atoms in total. The van der Waals surface area contributed by atoms with Crippen LogP contribution in [-0.2, 0) is 16.1 Å². The number of nitrogens with one attached hydrogen (secondary N) is 2. The first-order valence-electron chi connectivity index (χ1n) is 16.0. The summed E-state index contributed by atoms with van der Waals surface area (Å²) in [5, 5.41) is 6.47. The van der Waals surface area contributed by atoms with Crippen LogP contribution in [0.4, 0.5) is 17.3 Å². The van der Waals surface area contributed by atoms with E-state index in [2.05, 4.69) is 50.7 Å². The summed E-state index contributed by atoms with van der Waals surface area (Å²) >= 11 is 0. The second-order valence-electron chi connectivity index (χ2n) is 12.3. The molecule has 1 fully saturated rings. The van der Waals surface area contributed by atoms with Gasteiger partial charge in [0.05, 0.1) is 12.3 Å². The number of benzene rings is 2. The van der Waals surface area contributed by atoms with Crippen LogP contribution in [0.1, 0.15) is 31.2 Å². The molecule has 46 heavy (non-hydrogen) atoms. The molecule has 2 aromatic carbocycles. The molecule has 1 saturated heterocycles. The normalized spacial score (nSPS) is 18.0. The Bertz CT molecular complexity index is 1550. The molecule has 5 rings (SSSR count). The zero-order valence-corrected chi connectivity index (χ0v) is 27.1.